The molecule has 0 aliphatic carbocycles. The summed E-state index contributed by atoms with van der Waals surface area (Å²) in [5.74, 6) is -1.10. The Bertz CT molecular complexity index is 336. The number of aliphatic hydroxyl groups excluding tert-OH is 1. The molecule has 1 nitrogen and oxygen atoms in total. The predicted octanol–water partition coefficient (Wildman–Crippen LogP) is 3.35. The zero-order chi connectivity index (χ0) is 11.3. The van der Waals surface area contributed by atoms with Crippen molar-refractivity contribution in [1.29, 1.82) is 0 Å². The molecule has 0 heterocycles. The molecule has 15 heavy (non-hydrogen) atoms. The normalized spacial score (nSPS) is 12.5. The van der Waals surface area contributed by atoms with Crippen LogP contribution >= 0.6 is 0 Å². The summed E-state index contributed by atoms with van der Waals surface area (Å²) in [5.41, 5.74) is 0.0269. The lowest BCUT2D eigenvalue weighted by molar-refractivity contribution is 0.160. The Hall–Kier alpha value is -1.22. The third kappa shape index (κ3) is 3.44. The first-order chi connectivity index (χ1) is 7.15. The molecule has 1 aromatic carbocycles. The number of hydrogen-bond acceptors (Lipinski definition) is 1. The minimum absolute atomic E-state index is 0.0269. The molecule has 3 heteroatoms. The summed E-state index contributed by atoms with van der Waals surface area (Å²) in [5, 5.41) is 9.61. The predicted molar refractivity (Wildman–Crippen MR) is 55.4 cm³/mol. The van der Waals surface area contributed by atoms with Crippen molar-refractivity contribution in [3.8, 4) is 0 Å². The molecule has 0 saturated carbocycles. The monoisotopic (exact) mass is 212 g/mol. The van der Waals surface area contributed by atoms with Gasteiger partial charge in [-0.2, -0.15) is 0 Å². The summed E-state index contributed by atoms with van der Waals surface area (Å²) in [6.45, 7) is 3.55. The average Bonchev–Trinajstić information content (AvgIpc) is 2.22. The van der Waals surface area contributed by atoms with Crippen molar-refractivity contribution in [2.75, 3.05) is 0 Å². The number of aliphatic hydroxyl groups is 1. The Morgan fingerprint density at radius 1 is 1.40 bits per heavy atom. The van der Waals surface area contributed by atoms with Crippen LogP contribution < -0.4 is 0 Å². The fraction of sp³-hybridized carbons (Fsp3) is 0.333. The van der Waals surface area contributed by atoms with Gasteiger partial charge in [0.15, 0.2) is 0 Å². The van der Waals surface area contributed by atoms with Crippen molar-refractivity contribution < 1.29 is 13.9 Å². The van der Waals surface area contributed by atoms with Crippen molar-refractivity contribution in [1.82, 2.24) is 0 Å². The van der Waals surface area contributed by atoms with Gasteiger partial charge in [0.2, 0.25) is 0 Å². The second-order valence-corrected chi connectivity index (χ2v) is 3.40. The van der Waals surface area contributed by atoms with E-state index in [1.807, 2.05) is 0 Å². The summed E-state index contributed by atoms with van der Waals surface area (Å²) in [4.78, 5) is 0. The molecule has 1 atom stereocenters. The molecular weight excluding hydrogens is 198 g/mol. The van der Waals surface area contributed by atoms with Gasteiger partial charge in [0, 0.05) is 5.56 Å². The third-order valence-electron chi connectivity index (χ3n) is 2.20. The molecular formula is C12H14F2O. The van der Waals surface area contributed by atoms with Crippen molar-refractivity contribution in [3.05, 3.63) is 48.1 Å². The molecule has 0 saturated heterocycles. The van der Waals surface area contributed by atoms with Gasteiger partial charge in [0.25, 0.3) is 0 Å². The SMILES string of the molecule is C=CCCCC(O)c1cc(F)ccc1F. The smallest absolute Gasteiger partial charge is 0.129 e. The van der Waals surface area contributed by atoms with Crippen molar-refractivity contribution >= 4 is 0 Å². The van der Waals surface area contributed by atoms with Crippen molar-refractivity contribution in [2.24, 2.45) is 0 Å². The Morgan fingerprint density at radius 2 is 2.13 bits per heavy atom. The van der Waals surface area contributed by atoms with Crippen LogP contribution in [0.5, 0.6) is 0 Å². The molecule has 1 rings (SSSR count). The molecule has 0 aromatic heterocycles. The van der Waals surface area contributed by atoms with Gasteiger partial charge in [-0.25, -0.2) is 8.78 Å². The van der Waals surface area contributed by atoms with Gasteiger partial charge in [-0.1, -0.05) is 6.08 Å². The largest absolute Gasteiger partial charge is 0.388 e. The van der Waals surface area contributed by atoms with E-state index in [-0.39, 0.29) is 5.56 Å². The standard InChI is InChI=1S/C12H14F2O/c1-2-3-4-5-12(15)10-8-9(13)6-7-11(10)14/h2,6-8,12,15H,1,3-5H2. The van der Waals surface area contributed by atoms with Gasteiger partial charge < -0.3 is 5.11 Å². The van der Waals surface area contributed by atoms with E-state index in [9.17, 15) is 13.9 Å². The third-order valence-corrected chi connectivity index (χ3v) is 2.20. The van der Waals surface area contributed by atoms with Crippen LogP contribution in [0.15, 0.2) is 30.9 Å². The van der Waals surface area contributed by atoms with Crippen LogP contribution in [0, 0.1) is 11.6 Å². The van der Waals surface area contributed by atoms with E-state index >= 15 is 0 Å². The lowest BCUT2D eigenvalue weighted by atomic mass is 10.0. The van der Waals surface area contributed by atoms with Crippen LogP contribution in [-0.4, -0.2) is 5.11 Å². The number of benzene rings is 1. The van der Waals surface area contributed by atoms with E-state index < -0.39 is 17.7 Å². The van der Waals surface area contributed by atoms with Gasteiger partial charge in [-0.3, -0.25) is 0 Å². The fourth-order valence-electron chi connectivity index (χ4n) is 1.38. The van der Waals surface area contributed by atoms with Crippen LogP contribution in [0.4, 0.5) is 8.78 Å². The summed E-state index contributed by atoms with van der Waals surface area (Å²) < 4.78 is 26.0. The molecule has 1 aromatic rings. The highest BCUT2D eigenvalue weighted by Gasteiger charge is 2.12. The molecule has 0 fully saturated rings. The summed E-state index contributed by atoms with van der Waals surface area (Å²) in [6, 6.07) is 3.10. The first-order valence-electron chi connectivity index (χ1n) is 4.89. The summed E-state index contributed by atoms with van der Waals surface area (Å²) in [7, 11) is 0. The van der Waals surface area contributed by atoms with E-state index in [2.05, 4.69) is 6.58 Å². The molecule has 0 spiro atoms. The molecule has 1 N–H and O–H groups in total. The number of unbranched alkanes of at least 4 members (excludes halogenated alkanes) is 1. The minimum atomic E-state index is -0.944. The summed E-state index contributed by atoms with van der Waals surface area (Å²) in [6.07, 6.45) is 2.66. The maximum Gasteiger partial charge on any atom is 0.129 e. The lowest BCUT2D eigenvalue weighted by Gasteiger charge is -2.11. The molecule has 0 amide bonds. The van der Waals surface area contributed by atoms with Crippen molar-refractivity contribution in [2.45, 2.75) is 25.4 Å². The topological polar surface area (TPSA) is 20.2 Å². The van der Waals surface area contributed by atoms with Gasteiger partial charge in [0.1, 0.15) is 11.6 Å². The molecule has 82 valence electrons. The van der Waals surface area contributed by atoms with E-state index in [1.165, 1.54) is 0 Å². The van der Waals surface area contributed by atoms with Gasteiger partial charge >= 0.3 is 0 Å². The quantitative estimate of drug-likeness (QED) is 0.586. The lowest BCUT2D eigenvalue weighted by Crippen LogP contribution is -2.01. The number of hydrogen-bond donors (Lipinski definition) is 1. The first kappa shape index (κ1) is 11.9. The highest BCUT2D eigenvalue weighted by Crippen LogP contribution is 2.22. The Labute approximate surface area is 88.1 Å². The van der Waals surface area contributed by atoms with Crippen LogP contribution in [0.2, 0.25) is 0 Å². The number of rotatable bonds is 5. The van der Waals surface area contributed by atoms with Gasteiger partial charge in [0.05, 0.1) is 6.10 Å². The zero-order valence-corrected chi connectivity index (χ0v) is 8.42. The van der Waals surface area contributed by atoms with Crippen LogP contribution in [0.3, 0.4) is 0 Å². The first-order valence-corrected chi connectivity index (χ1v) is 4.89. The average molecular weight is 212 g/mol. The Balaban J connectivity index is 2.67. The molecule has 0 aliphatic rings. The molecule has 0 bridgehead atoms. The molecule has 0 radical (unpaired) electrons. The zero-order valence-electron chi connectivity index (χ0n) is 8.42. The highest BCUT2D eigenvalue weighted by molar-refractivity contribution is 5.20. The van der Waals surface area contributed by atoms with Crippen LogP contribution in [-0.2, 0) is 0 Å². The van der Waals surface area contributed by atoms with E-state index in [0.29, 0.717) is 12.8 Å². The minimum Gasteiger partial charge on any atom is -0.388 e. The maximum absolute atomic E-state index is 13.2. The Morgan fingerprint density at radius 3 is 2.80 bits per heavy atom. The van der Waals surface area contributed by atoms with Crippen molar-refractivity contribution in [3.63, 3.8) is 0 Å². The van der Waals surface area contributed by atoms with Crippen LogP contribution in [0.25, 0.3) is 0 Å². The summed E-state index contributed by atoms with van der Waals surface area (Å²) >= 11 is 0. The van der Waals surface area contributed by atoms with E-state index in [1.54, 1.807) is 6.08 Å². The van der Waals surface area contributed by atoms with Gasteiger partial charge in [-0.15, -0.1) is 6.58 Å². The highest BCUT2D eigenvalue weighted by atomic mass is 19.1. The second-order valence-electron chi connectivity index (χ2n) is 3.40. The molecule has 0 aliphatic heterocycles. The van der Waals surface area contributed by atoms with Gasteiger partial charge in [-0.05, 0) is 37.5 Å². The second kappa shape index (κ2) is 5.61. The number of halogens is 2. The maximum atomic E-state index is 13.2. The van der Waals surface area contributed by atoms with E-state index in [4.69, 9.17) is 0 Å². The van der Waals surface area contributed by atoms with Crippen LogP contribution in [0.1, 0.15) is 30.9 Å². The van der Waals surface area contributed by atoms with E-state index in [0.717, 1.165) is 24.6 Å². The fourth-order valence-corrected chi connectivity index (χ4v) is 1.38. The Kier molecular flexibility index (Phi) is 4.43. The number of allylic oxidation sites excluding steroid dienone is 1. The molecule has 1 unspecified atom stereocenters.